The first-order valence-electron chi connectivity index (χ1n) is 10.5. The fraction of sp³-hybridized carbons (Fsp3) is 0.455. The fourth-order valence-electron chi connectivity index (χ4n) is 4.02. The number of allylic oxidation sites excluding steroid dienone is 2. The third-order valence-electron chi connectivity index (χ3n) is 5.64. The summed E-state index contributed by atoms with van der Waals surface area (Å²) in [5.41, 5.74) is 3.60. The van der Waals surface area contributed by atoms with Crippen LogP contribution in [0.25, 0.3) is 28.0 Å². The SMILES string of the molecule is C[Si](C)CCOCn1ccc2c(-c3cnn(/C(=C\C#N)C4CCCC4)c3)ncnc21. The number of nitrogens with zero attached hydrogens (tertiary/aromatic N) is 6. The summed E-state index contributed by atoms with van der Waals surface area (Å²) in [7, 11) is -0.268. The molecule has 3 aromatic rings. The summed E-state index contributed by atoms with van der Waals surface area (Å²) < 4.78 is 9.70. The molecule has 4 rings (SSSR count). The van der Waals surface area contributed by atoms with E-state index in [1.165, 1.54) is 12.8 Å². The van der Waals surface area contributed by atoms with Gasteiger partial charge in [0.2, 0.25) is 0 Å². The zero-order valence-electron chi connectivity index (χ0n) is 17.6. The standard InChI is InChI=1S/C22H27N6OSi/c1-30(2)12-11-29-16-27-10-8-19-21(24-15-25-22(19)27)18-13-26-28(14-18)20(7-9-23)17-5-3-4-6-17/h7-8,10,13-15,17H,3-6,11-12,16H2,1-2H3/b20-7-. The molecule has 7 nitrogen and oxygen atoms in total. The first-order valence-corrected chi connectivity index (χ1v) is 13.2. The summed E-state index contributed by atoms with van der Waals surface area (Å²) in [6, 6.07) is 5.37. The number of fused-ring (bicyclic) bond motifs is 1. The number of ether oxygens (including phenoxy) is 1. The van der Waals surface area contributed by atoms with Gasteiger partial charge in [0.25, 0.3) is 0 Å². The maximum absolute atomic E-state index is 9.24. The number of hydrogen-bond donors (Lipinski definition) is 0. The van der Waals surface area contributed by atoms with E-state index in [0.29, 0.717) is 12.6 Å². The van der Waals surface area contributed by atoms with E-state index < -0.39 is 0 Å². The molecule has 0 aliphatic heterocycles. The minimum absolute atomic E-state index is 0.268. The second kappa shape index (κ2) is 9.37. The lowest BCUT2D eigenvalue weighted by atomic mass is 10.0. The second-order valence-electron chi connectivity index (χ2n) is 8.09. The van der Waals surface area contributed by atoms with Gasteiger partial charge in [-0.3, -0.25) is 0 Å². The molecule has 155 valence electrons. The van der Waals surface area contributed by atoms with Crippen molar-refractivity contribution in [2.45, 2.75) is 51.6 Å². The number of rotatable bonds is 8. The summed E-state index contributed by atoms with van der Waals surface area (Å²) in [5, 5.41) is 14.8. The van der Waals surface area contributed by atoms with Crippen LogP contribution in [-0.2, 0) is 11.5 Å². The average Bonchev–Trinajstić information content (AvgIpc) is 3.50. The molecule has 0 aromatic carbocycles. The molecule has 1 aliphatic carbocycles. The fourth-order valence-corrected chi connectivity index (χ4v) is 4.57. The van der Waals surface area contributed by atoms with E-state index in [-0.39, 0.29) is 8.80 Å². The Labute approximate surface area is 178 Å². The second-order valence-corrected chi connectivity index (χ2v) is 11.0. The Balaban J connectivity index is 1.58. The Hall–Kier alpha value is -2.76. The molecule has 8 heteroatoms. The number of hydrogen-bond acceptors (Lipinski definition) is 5. The Morgan fingerprint density at radius 2 is 2.17 bits per heavy atom. The molecule has 1 aliphatic rings. The van der Waals surface area contributed by atoms with Gasteiger partial charge in [0.05, 0.1) is 23.7 Å². The highest BCUT2D eigenvalue weighted by Crippen LogP contribution is 2.34. The highest BCUT2D eigenvalue weighted by Gasteiger charge is 2.22. The van der Waals surface area contributed by atoms with E-state index in [1.54, 1.807) is 12.4 Å². The zero-order chi connectivity index (χ0) is 20.9. The van der Waals surface area contributed by atoms with E-state index >= 15 is 0 Å². The third-order valence-corrected chi connectivity index (χ3v) is 6.84. The molecule has 0 unspecified atom stereocenters. The lowest BCUT2D eigenvalue weighted by Crippen LogP contribution is -2.08. The summed E-state index contributed by atoms with van der Waals surface area (Å²) in [6.07, 6.45) is 13.7. The largest absolute Gasteiger partial charge is 0.361 e. The maximum Gasteiger partial charge on any atom is 0.145 e. The Morgan fingerprint density at radius 1 is 1.33 bits per heavy atom. The van der Waals surface area contributed by atoms with Crippen LogP contribution < -0.4 is 0 Å². The first kappa shape index (κ1) is 20.5. The monoisotopic (exact) mass is 419 g/mol. The molecule has 0 bridgehead atoms. The molecule has 1 saturated carbocycles. The lowest BCUT2D eigenvalue weighted by molar-refractivity contribution is 0.0902. The van der Waals surface area contributed by atoms with Gasteiger partial charge in [-0.05, 0) is 25.0 Å². The third kappa shape index (κ3) is 4.37. The molecule has 0 atom stereocenters. The molecular formula is C22H27N6OSi. The van der Waals surface area contributed by atoms with Gasteiger partial charge in [-0.25, -0.2) is 14.6 Å². The molecule has 3 aromatic heterocycles. The molecule has 0 spiro atoms. The smallest absolute Gasteiger partial charge is 0.145 e. The van der Waals surface area contributed by atoms with Crippen molar-refractivity contribution in [2.75, 3.05) is 6.61 Å². The van der Waals surface area contributed by atoms with Crippen molar-refractivity contribution in [1.29, 1.82) is 5.26 Å². The van der Waals surface area contributed by atoms with E-state index in [4.69, 9.17) is 4.74 Å². The van der Waals surface area contributed by atoms with Crippen molar-refractivity contribution in [3.05, 3.63) is 37.1 Å². The predicted octanol–water partition coefficient (Wildman–Crippen LogP) is 4.58. The van der Waals surface area contributed by atoms with Crippen LogP contribution in [0.1, 0.15) is 25.7 Å². The van der Waals surface area contributed by atoms with Crippen molar-refractivity contribution in [3.63, 3.8) is 0 Å². The topological polar surface area (TPSA) is 81.5 Å². The van der Waals surface area contributed by atoms with Crippen LogP contribution in [0.15, 0.2) is 37.1 Å². The minimum Gasteiger partial charge on any atom is -0.361 e. The normalized spacial score (nSPS) is 15.3. The molecule has 0 amide bonds. The van der Waals surface area contributed by atoms with Crippen molar-refractivity contribution in [3.8, 4) is 17.3 Å². The van der Waals surface area contributed by atoms with Gasteiger partial charge in [0, 0.05) is 50.7 Å². The van der Waals surface area contributed by atoms with Crippen LogP contribution in [0, 0.1) is 17.2 Å². The van der Waals surface area contributed by atoms with Crippen molar-refractivity contribution >= 4 is 25.5 Å². The number of nitriles is 1. The number of aromatic nitrogens is 5. The molecule has 1 radical (unpaired) electrons. The quantitative estimate of drug-likeness (QED) is 0.303. The van der Waals surface area contributed by atoms with Gasteiger partial charge in [0.15, 0.2) is 0 Å². The van der Waals surface area contributed by atoms with Gasteiger partial charge in [-0.15, -0.1) is 0 Å². The van der Waals surface area contributed by atoms with Gasteiger partial charge in [0.1, 0.15) is 18.7 Å². The molecule has 30 heavy (non-hydrogen) atoms. The van der Waals surface area contributed by atoms with Gasteiger partial charge in [-0.1, -0.05) is 25.9 Å². The van der Waals surface area contributed by atoms with E-state index in [9.17, 15) is 5.26 Å². The van der Waals surface area contributed by atoms with Gasteiger partial charge in [-0.2, -0.15) is 10.4 Å². The highest BCUT2D eigenvalue weighted by atomic mass is 28.3. The first-order chi connectivity index (χ1) is 14.7. The van der Waals surface area contributed by atoms with Crippen LogP contribution in [0.4, 0.5) is 0 Å². The molecule has 0 N–H and O–H groups in total. The zero-order valence-corrected chi connectivity index (χ0v) is 18.6. The minimum atomic E-state index is -0.268. The van der Waals surface area contributed by atoms with Crippen LogP contribution in [0.5, 0.6) is 0 Å². The Morgan fingerprint density at radius 3 is 2.93 bits per heavy atom. The predicted molar refractivity (Wildman–Crippen MR) is 119 cm³/mol. The van der Waals surface area contributed by atoms with Gasteiger partial charge < -0.3 is 9.30 Å². The highest BCUT2D eigenvalue weighted by molar-refractivity contribution is 6.55. The van der Waals surface area contributed by atoms with Gasteiger partial charge >= 0.3 is 0 Å². The summed E-state index contributed by atoms with van der Waals surface area (Å²) in [5.74, 6) is 0.397. The molecular weight excluding hydrogens is 392 g/mol. The van der Waals surface area contributed by atoms with Crippen molar-refractivity contribution in [2.24, 2.45) is 5.92 Å². The Bertz CT molecular complexity index is 1070. The van der Waals surface area contributed by atoms with E-state index in [2.05, 4.69) is 34.2 Å². The van der Waals surface area contributed by atoms with E-state index in [0.717, 1.165) is 53.5 Å². The van der Waals surface area contributed by atoms with Crippen molar-refractivity contribution < 1.29 is 4.74 Å². The maximum atomic E-state index is 9.24. The molecule has 3 heterocycles. The molecule has 1 fully saturated rings. The summed E-state index contributed by atoms with van der Waals surface area (Å²) >= 11 is 0. The summed E-state index contributed by atoms with van der Waals surface area (Å²) in [6.45, 7) is 5.86. The molecule has 0 saturated heterocycles. The summed E-state index contributed by atoms with van der Waals surface area (Å²) in [4.78, 5) is 9.00. The lowest BCUT2D eigenvalue weighted by Gasteiger charge is -2.13. The van der Waals surface area contributed by atoms with Crippen LogP contribution in [0.2, 0.25) is 19.1 Å². The van der Waals surface area contributed by atoms with Crippen LogP contribution >= 0.6 is 0 Å². The average molecular weight is 420 g/mol. The Kier molecular flexibility index (Phi) is 6.40. The van der Waals surface area contributed by atoms with Crippen molar-refractivity contribution in [1.82, 2.24) is 24.3 Å². The van der Waals surface area contributed by atoms with E-state index in [1.807, 2.05) is 33.9 Å². The van der Waals surface area contributed by atoms with Crippen LogP contribution in [-0.4, -0.2) is 39.7 Å². The van der Waals surface area contributed by atoms with Crippen LogP contribution in [0.3, 0.4) is 0 Å².